The number of aliphatic hydroxyl groups excluding tert-OH is 1. The summed E-state index contributed by atoms with van der Waals surface area (Å²) in [4.78, 5) is 0. The Kier molecular flexibility index (Phi) is 4.09. The van der Waals surface area contributed by atoms with Gasteiger partial charge in [-0.15, -0.1) is 0 Å². The minimum atomic E-state index is -1.03. The summed E-state index contributed by atoms with van der Waals surface area (Å²) >= 11 is 5.79. The smallest absolute Gasteiger partial charge is 0.153 e. The third-order valence-electron chi connectivity index (χ3n) is 3.36. The second-order valence-electron chi connectivity index (χ2n) is 4.85. The molecule has 0 saturated carbocycles. The van der Waals surface area contributed by atoms with Crippen LogP contribution in [0.15, 0.2) is 66.7 Å². The second kappa shape index (κ2) is 6.17. The maximum absolute atomic E-state index is 9.60. The highest BCUT2D eigenvalue weighted by atomic mass is 35.5. The van der Waals surface area contributed by atoms with Gasteiger partial charge in [0.05, 0.1) is 0 Å². The topological polar surface area (TPSA) is 29.5 Å². The lowest BCUT2D eigenvalue weighted by molar-refractivity contribution is 0.261. The van der Waals surface area contributed by atoms with Gasteiger partial charge in [0.1, 0.15) is 12.4 Å². The first-order chi connectivity index (χ1) is 10.2. The molecule has 0 bridgehead atoms. The van der Waals surface area contributed by atoms with Gasteiger partial charge in [0.2, 0.25) is 0 Å². The standard InChI is InChI=1S/C18H15ClO2/c19-18(20)15-10-14-8-4-5-9-16(14)17(11-15)21-12-13-6-2-1-3-7-13/h1-11,18,20H,12H2. The van der Waals surface area contributed by atoms with E-state index >= 15 is 0 Å². The molecule has 1 atom stereocenters. The first-order valence-electron chi connectivity index (χ1n) is 6.75. The number of hydrogen-bond acceptors (Lipinski definition) is 2. The Morgan fingerprint density at radius 2 is 1.67 bits per heavy atom. The van der Waals surface area contributed by atoms with Crippen LogP contribution in [0.3, 0.4) is 0 Å². The number of hydrogen-bond donors (Lipinski definition) is 1. The summed E-state index contributed by atoms with van der Waals surface area (Å²) in [5.74, 6) is 0.728. The summed E-state index contributed by atoms with van der Waals surface area (Å²) in [6.07, 6.45) is 0. The molecule has 1 unspecified atom stereocenters. The molecule has 0 amide bonds. The van der Waals surface area contributed by atoms with Crippen molar-refractivity contribution in [2.75, 3.05) is 0 Å². The lowest BCUT2D eigenvalue weighted by atomic mass is 10.1. The molecule has 0 spiro atoms. The van der Waals surface area contributed by atoms with Crippen molar-refractivity contribution in [2.24, 2.45) is 0 Å². The molecule has 0 aromatic heterocycles. The van der Waals surface area contributed by atoms with Crippen LogP contribution in [0.2, 0.25) is 0 Å². The maximum atomic E-state index is 9.60. The van der Waals surface area contributed by atoms with Crippen molar-refractivity contribution in [2.45, 2.75) is 12.2 Å². The second-order valence-corrected chi connectivity index (χ2v) is 5.26. The summed E-state index contributed by atoms with van der Waals surface area (Å²) in [6, 6.07) is 21.5. The number of alkyl halides is 1. The van der Waals surface area contributed by atoms with Gasteiger partial charge in [-0.1, -0.05) is 66.2 Å². The molecular weight excluding hydrogens is 284 g/mol. The number of rotatable bonds is 4. The van der Waals surface area contributed by atoms with Crippen LogP contribution in [-0.4, -0.2) is 5.11 Å². The molecule has 21 heavy (non-hydrogen) atoms. The lowest BCUT2D eigenvalue weighted by Gasteiger charge is -2.13. The normalized spacial score (nSPS) is 12.3. The molecule has 0 radical (unpaired) electrons. The average Bonchev–Trinajstić information content (AvgIpc) is 2.53. The van der Waals surface area contributed by atoms with Crippen LogP contribution in [-0.2, 0) is 6.61 Å². The largest absolute Gasteiger partial charge is 0.488 e. The molecule has 0 heterocycles. The Morgan fingerprint density at radius 3 is 2.43 bits per heavy atom. The molecule has 106 valence electrons. The van der Waals surface area contributed by atoms with E-state index in [1.54, 1.807) is 6.07 Å². The number of benzene rings is 3. The third kappa shape index (κ3) is 3.18. The van der Waals surface area contributed by atoms with Crippen molar-refractivity contribution in [1.82, 2.24) is 0 Å². The number of fused-ring (bicyclic) bond motifs is 1. The van der Waals surface area contributed by atoms with Gasteiger partial charge in [-0.05, 0) is 28.6 Å². The van der Waals surface area contributed by atoms with Gasteiger partial charge in [-0.2, -0.15) is 0 Å². The fourth-order valence-electron chi connectivity index (χ4n) is 2.29. The summed E-state index contributed by atoms with van der Waals surface area (Å²) in [7, 11) is 0. The van der Waals surface area contributed by atoms with Crippen LogP contribution in [0.5, 0.6) is 5.75 Å². The van der Waals surface area contributed by atoms with Crippen LogP contribution in [0.4, 0.5) is 0 Å². The SMILES string of the molecule is OC(Cl)c1cc(OCc2ccccc2)c2ccccc2c1. The van der Waals surface area contributed by atoms with E-state index in [0.717, 1.165) is 22.1 Å². The van der Waals surface area contributed by atoms with E-state index in [9.17, 15) is 5.11 Å². The fraction of sp³-hybridized carbons (Fsp3) is 0.111. The zero-order valence-corrected chi connectivity index (χ0v) is 12.1. The van der Waals surface area contributed by atoms with Gasteiger partial charge in [0.25, 0.3) is 0 Å². The molecule has 3 heteroatoms. The van der Waals surface area contributed by atoms with Gasteiger partial charge in [-0.3, -0.25) is 0 Å². The average molecular weight is 299 g/mol. The van der Waals surface area contributed by atoms with Crippen LogP contribution < -0.4 is 4.74 Å². The predicted molar refractivity (Wildman–Crippen MR) is 85.5 cm³/mol. The summed E-state index contributed by atoms with van der Waals surface area (Å²) in [6.45, 7) is 0.479. The Bertz CT molecular complexity index is 739. The molecule has 3 aromatic rings. The zero-order valence-electron chi connectivity index (χ0n) is 11.4. The van der Waals surface area contributed by atoms with Crippen molar-refractivity contribution < 1.29 is 9.84 Å². The highest BCUT2D eigenvalue weighted by Gasteiger charge is 2.09. The van der Waals surface area contributed by atoms with Gasteiger partial charge < -0.3 is 9.84 Å². The first-order valence-corrected chi connectivity index (χ1v) is 7.19. The molecule has 0 aliphatic heterocycles. The molecule has 3 aromatic carbocycles. The Balaban J connectivity index is 1.96. The highest BCUT2D eigenvalue weighted by molar-refractivity contribution is 6.19. The highest BCUT2D eigenvalue weighted by Crippen LogP contribution is 2.31. The quantitative estimate of drug-likeness (QED) is 0.711. The Labute approximate surface area is 128 Å². The number of halogens is 1. The monoisotopic (exact) mass is 298 g/mol. The third-order valence-corrected chi connectivity index (χ3v) is 3.61. The Hall–Kier alpha value is -2.03. The molecule has 3 rings (SSSR count). The van der Waals surface area contributed by atoms with Crippen molar-refractivity contribution in [1.29, 1.82) is 0 Å². The molecule has 2 nitrogen and oxygen atoms in total. The fourth-order valence-corrected chi connectivity index (χ4v) is 2.42. The summed E-state index contributed by atoms with van der Waals surface area (Å²) < 4.78 is 5.93. The van der Waals surface area contributed by atoms with E-state index in [4.69, 9.17) is 16.3 Å². The van der Waals surface area contributed by atoms with Gasteiger partial charge in [0, 0.05) is 5.39 Å². The van der Waals surface area contributed by atoms with Crippen LogP contribution >= 0.6 is 11.6 Å². The van der Waals surface area contributed by atoms with E-state index in [0.29, 0.717) is 12.2 Å². The number of ether oxygens (including phenoxy) is 1. The summed E-state index contributed by atoms with van der Waals surface area (Å²) in [5.41, 5.74) is 0.700. The van der Waals surface area contributed by atoms with E-state index in [1.807, 2.05) is 60.7 Å². The van der Waals surface area contributed by atoms with Gasteiger partial charge in [-0.25, -0.2) is 0 Å². The lowest BCUT2D eigenvalue weighted by Crippen LogP contribution is -1.98. The molecule has 1 N–H and O–H groups in total. The van der Waals surface area contributed by atoms with Crippen molar-refractivity contribution >= 4 is 22.4 Å². The van der Waals surface area contributed by atoms with Crippen molar-refractivity contribution in [3.8, 4) is 5.75 Å². The molecule has 0 fully saturated rings. The molecule has 0 saturated heterocycles. The molecule has 0 aliphatic carbocycles. The molecule has 0 aliphatic rings. The van der Waals surface area contributed by atoms with Crippen LogP contribution in [0.25, 0.3) is 10.8 Å². The summed E-state index contributed by atoms with van der Waals surface area (Å²) in [5, 5.41) is 11.6. The van der Waals surface area contributed by atoms with Crippen LogP contribution in [0.1, 0.15) is 16.7 Å². The minimum absolute atomic E-state index is 0.479. The first kappa shape index (κ1) is 13.9. The zero-order chi connectivity index (χ0) is 14.7. The predicted octanol–water partition coefficient (Wildman–Crippen LogP) is 4.65. The van der Waals surface area contributed by atoms with E-state index in [1.165, 1.54) is 0 Å². The minimum Gasteiger partial charge on any atom is -0.488 e. The van der Waals surface area contributed by atoms with Gasteiger partial charge in [0.15, 0.2) is 5.56 Å². The van der Waals surface area contributed by atoms with Crippen LogP contribution in [0, 0.1) is 0 Å². The maximum Gasteiger partial charge on any atom is 0.153 e. The number of aliphatic hydroxyl groups is 1. The van der Waals surface area contributed by atoms with Crippen molar-refractivity contribution in [3.05, 3.63) is 77.9 Å². The van der Waals surface area contributed by atoms with E-state index < -0.39 is 5.56 Å². The van der Waals surface area contributed by atoms with Gasteiger partial charge >= 0.3 is 0 Å². The Morgan fingerprint density at radius 1 is 0.952 bits per heavy atom. The molecular formula is C18H15ClO2. The van der Waals surface area contributed by atoms with Crippen molar-refractivity contribution in [3.63, 3.8) is 0 Å². The van der Waals surface area contributed by atoms with E-state index in [2.05, 4.69) is 0 Å². The van der Waals surface area contributed by atoms with E-state index in [-0.39, 0.29) is 0 Å².